The highest BCUT2D eigenvalue weighted by Gasteiger charge is 2.23. The van der Waals surface area contributed by atoms with Gasteiger partial charge in [-0.1, -0.05) is 13.8 Å². The van der Waals surface area contributed by atoms with Gasteiger partial charge in [0, 0.05) is 12.6 Å². The first-order valence-corrected chi connectivity index (χ1v) is 6.91. The number of anilines is 2. The first-order chi connectivity index (χ1) is 9.13. The van der Waals surface area contributed by atoms with Gasteiger partial charge in [0.15, 0.2) is 0 Å². The summed E-state index contributed by atoms with van der Waals surface area (Å²) >= 11 is 0. The average molecular weight is 262 g/mol. The van der Waals surface area contributed by atoms with E-state index < -0.39 is 0 Å². The van der Waals surface area contributed by atoms with Crippen molar-refractivity contribution in [1.82, 2.24) is 10.3 Å². The molecule has 3 N–H and O–H groups in total. The smallest absolute Gasteiger partial charge is 0.320 e. The maximum atomic E-state index is 11.5. The summed E-state index contributed by atoms with van der Waals surface area (Å²) in [5, 5.41) is 8.89. The van der Waals surface area contributed by atoms with E-state index in [1.807, 2.05) is 12.1 Å². The van der Waals surface area contributed by atoms with E-state index in [0.29, 0.717) is 17.8 Å². The Bertz CT molecular complexity index is 412. The van der Waals surface area contributed by atoms with Crippen LogP contribution in [0.25, 0.3) is 0 Å². The third-order valence-corrected chi connectivity index (χ3v) is 2.97. The number of aromatic nitrogens is 1. The number of nitrogens with zero attached hydrogens (tertiary/aromatic N) is 1. The first-order valence-electron chi connectivity index (χ1n) is 6.91. The number of amides is 2. The molecule has 1 aromatic rings. The molecule has 19 heavy (non-hydrogen) atoms. The number of rotatable bonds is 6. The van der Waals surface area contributed by atoms with Gasteiger partial charge >= 0.3 is 6.03 Å². The number of carbonyl (C=O) groups excluding carboxylic acids is 1. The Kier molecular flexibility index (Phi) is 4.60. The number of hydrogen-bond acceptors (Lipinski definition) is 3. The van der Waals surface area contributed by atoms with E-state index in [1.165, 1.54) is 0 Å². The van der Waals surface area contributed by atoms with Crippen LogP contribution >= 0.6 is 0 Å². The van der Waals surface area contributed by atoms with Crippen molar-refractivity contribution in [2.75, 3.05) is 17.2 Å². The second-order valence-electron chi connectivity index (χ2n) is 5.41. The minimum absolute atomic E-state index is 0.171. The standard InChI is InChI=1S/C14H22N4O/c1-10(2)7-8-15-12-5-6-13(16-9-12)18-14(19)17-11-3-4-11/h5-6,9-11,15H,3-4,7-8H2,1-2H3,(H2,16,17,18,19). The monoisotopic (exact) mass is 262 g/mol. The second-order valence-corrected chi connectivity index (χ2v) is 5.41. The van der Waals surface area contributed by atoms with E-state index in [1.54, 1.807) is 6.20 Å². The second kappa shape index (κ2) is 6.41. The van der Waals surface area contributed by atoms with Gasteiger partial charge in [-0.2, -0.15) is 0 Å². The SMILES string of the molecule is CC(C)CCNc1ccc(NC(=O)NC2CC2)nc1. The van der Waals surface area contributed by atoms with Crippen LogP contribution in [-0.4, -0.2) is 23.6 Å². The van der Waals surface area contributed by atoms with Crippen molar-refractivity contribution >= 4 is 17.5 Å². The number of pyridine rings is 1. The van der Waals surface area contributed by atoms with Crippen LogP contribution in [-0.2, 0) is 0 Å². The molecule has 0 spiro atoms. The first kappa shape index (κ1) is 13.6. The molecule has 1 fully saturated rings. The normalized spacial score (nSPS) is 14.3. The maximum Gasteiger partial charge on any atom is 0.320 e. The van der Waals surface area contributed by atoms with Crippen LogP contribution in [0.5, 0.6) is 0 Å². The molecule has 2 rings (SSSR count). The van der Waals surface area contributed by atoms with Gasteiger partial charge in [0.05, 0.1) is 11.9 Å². The van der Waals surface area contributed by atoms with Crippen LogP contribution in [0.4, 0.5) is 16.3 Å². The Hall–Kier alpha value is -1.78. The average Bonchev–Trinajstić information content (AvgIpc) is 3.14. The summed E-state index contributed by atoms with van der Waals surface area (Å²) in [5.74, 6) is 1.26. The van der Waals surface area contributed by atoms with Gasteiger partial charge in [-0.25, -0.2) is 9.78 Å². The van der Waals surface area contributed by atoms with Crippen LogP contribution in [0, 0.1) is 5.92 Å². The summed E-state index contributed by atoms with van der Waals surface area (Å²) in [4.78, 5) is 15.7. The fourth-order valence-electron chi connectivity index (χ4n) is 1.64. The molecule has 104 valence electrons. The van der Waals surface area contributed by atoms with Gasteiger partial charge in [0.25, 0.3) is 0 Å². The summed E-state index contributed by atoms with van der Waals surface area (Å²) in [6.45, 7) is 5.34. The predicted octanol–water partition coefficient (Wildman–Crippen LogP) is 2.82. The fraction of sp³-hybridized carbons (Fsp3) is 0.571. The van der Waals surface area contributed by atoms with E-state index in [-0.39, 0.29) is 6.03 Å². The molecule has 0 bridgehead atoms. The number of carbonyl (C=O) groups is 1. The molecular weight excluding hydrogens is 240 g/mol. The summed E-state index contributed by atoms with van der Waals surface area (Å²) in [7, 11) is 0. The molecule has 2 amide bonds. The predicted molar refractivity (Wildman–Crippen MR) is 77.4 cm³/mol. The maximum absolute atomic E-state index is 11.5. The summed E-state index contributed by atoms with van der Waals surface area (Å²) in [6, 6.07) is 3.93. The van der Waals surface area contributed by atoms with Crippen molar-refractivity contribution in [3.63, 3.8) is 0 Å². The molecule has 0 unspecified atom stereocenters. The number of nitrogens with one attached hydrogen (secondary N) is 3. The zero-order valence-electron chi connectivity index (χ0n) is 11.6. The quantitative estimate of drug-likeness (QED) is 0.738. The molecule has 1 saturated carbocycles. The van der Waals surface area contributed by atoms with Crippen LogP contribution in [0.1, 0.15) is 33.1 Å². The Morgan fingerprint density at radius 2 is 2.21 bits per heavy atom. The van der Waals surface area contributed by atoms with E-state index in [9.17, 15) is 4.79 Å². The molecule has 0 aromatic carbocycles. The minimum Gasteiger partial charge on any atom is -0.384 e. The molecule has 1 heterocycles. The molecule has 1 aromatic heterocycles. The van der Waals surface area contributed by atoms with Gasteiger partial charge in [0.2, 0.25) is 0 Å². The van der Waals surface area contributed by atoms with Gasteiger partial charge < -0.3 is 10.6 Å². The lowest BCUT2D eigenvalue weighted by molar-refractivity contribution is 0.251. The van der Waals surface area contributed by atoms with E-state index >= 15 is 0 Å². The lowest BCUT2D eigenvalue weighted by atomic mass is 10.1. The minimum atomic E-state index is -0.171. The molecule has 1 aliphatic carbocycles. The highest BCUT2D eigenvalue weighted by atomic mass is 16.2. The van der Waals surface area contributed by atoms with Crippen LogP contribution in [0.2, 0.25) is 0 Å². The number of hydrogen-bond donors (Lipinski definition) is 3. The summed E-state index contributed by atoms with van der Waals surface area (Å²) in [6.07, 6.45) is 5.04. The van der Waals surface area contributed by atoms with Crippen molar-refractivity contribution in [2.24, 2.45) is 5.92 Å². The summed E-state index contributed by atoms with van der Waals surface area (Å²) < 4.78 is 0. The van der Waals surface area contributed by atoms with Crippen LogP contribution in [0.3, 0.4) is 0 Å². The highest BCUT2D eigenvalue weighted by Crippen LogP contribution is 2.18. The lowest BCUT2D eigenvalue weighted by Gasteiger charge is -2.09. The molecule has 5 heteroatoms. The van der Waals surface area contributed by atoms with Crippen LogP contribution in [0.15, 0.2) is 18.3 Å². The largest absolute Gasteiger partial charge is 0.384 e. The van der Waals surface area contributed by atoms with Crippen molar-refractivity contribution < 1.29 is 4.79 Å². The van der Waals surface area contributed by atoms with Gasteiger partial charge in [-0.05, 0) is 37.3 Å². The fourth-order valence-corrected chi connectivity index (χ4v) is 1.64. The topological polar surface area (TPSA) is 66.0 Å². The van der Waals surface area contributed by atoms with Crippen molar-refractivity contribution in [1.29, 1.82) is 0 Å². The third-order valence-electron chi connectivity index (χ3n) is 2.97. The molecule has 1 aliphatic rings. The Labute approximate surface area is 114 Å². The van der Waals surface area contributed by atoms with Crippen LogP contribution < -0.4 is 16.0 Å². The lowest BCUT2D eigenvalue weighted by Crippen LogP contribution is -2.30. The molecule has 0 saturated heterocycles. The van der Waals surface area contributed by atoms with E-state index in [4.69, 9.17) is 0 Å². The molecule has 0 radical (unpaired) electrons. The number of urea groups is 1. The zero-order valence-corrected chi connectivity index (χ0v) is 11.6. The van der Waals surface area contributed by atoms with E-state index in [0.717, 1.165) is 31.5 Å². The van der Waals surface area contributed by atoms with Crippen molar-refractivity contribution in [3.8, 4) is 0 Å². The summed E-state index contributed by atoms with van der Waals surface area (Å²) in [5.41, 5.74) is 0.980. The Morgan fingerprint density at radius 3 is 2.79 bits per heavy atom. The van der Waals surface area contributed by atoms with E-state index in [2.05, 4.69) is 34.8 Å². The molecular formula is C14H22N4O. The van der Waals surface area contributed by atoms with Gasteiger partial charge in [-0.3, -0.25) is 5.32 Å². The molecule has 5 nitrogen and oxygen atoms in total. The van der Waals surface area contributed by atoms with Crippen molar-refractivity contribution in [2.45, 2.75) is 39.2 Å². The zero-order chi connectivity index (χ0) is 13.7. The van der Waals surface area contributed by atoms with Crippen molar-refractivity contribution in [3.05, 3.63) is 18.3 Å². The van der Waals surface area contributed by atoms with Gasteiger partial charge in [-0.15, -0.1) is 0 Å². The Balaban J connectivity index is 1.75. The molecule has 0 atom stereocenters. The Morgan fingerprint density at radius 1 is 1.42 bits per heavy atom. The third kappa shape index (κ3) is 5.16. The van der Waals surface area contributed by atoms with Gasteiger partial charge in [0.1, 0.15) is 5.82 Å². The molecule has 0 aliphatic heterocycles. The highest BCUT2D eigenvalue weighted by molar-refractivity contribution is 5.88.